The predicted octanol–water partition coefficient (Wildman–Crippen LogP) is 12.6. The second-order valence-electron chi connectivity index (χ2n) is 27.0. The SMILES string of the molecule is C.C.CCCCCCC(=O)CNc1cccc2c1C(=O)N(C1CCC(=O)NC1=O)C2=O.Cc1sc2c(c1C)C(c1ccc(Cl)cc1)=N[C@@H](CC(=O)NCCCCCNc1cccc3c1C(=O)N(C1CCC(=O)NC1=O)C3=O)c1nnc(C)n1-2.Cc1sc2c(c1C)C(c1ccc(Cl)cc1)=N[C@@H](CC(=O)O)c1nnc(C)n1-2. The van der Waals surface area contributed by atoms with Crippen LogP contribution in [0.15, 0.2) is 94.9 Å². The highest BCUT2D eigenvalue weighted by molar-refractivity contribution is 7.15. The summed E-state index contributed by atoms with van der Waals surface area (Å²) in [6, 6.07) is 21.6. The van der Waals surface area contributed by atoms with Crippen molar-refractivity contribution in [1.82, 2.24) is 55.3 Å². The van der Waals surface area contributed by atoms with E-state index < -0.39 is 77.4 Å². The van der Waals surface area contributed by atoms with Gasteiger partial charge in [-0.15, -0.1) is 43.1 Å². The van der Waals surface area contributed by atoms with Crippen LogP contribution in [0.1, 0.15) is 232 Å². The van der Waals surface area contributed by atoms with Gasteiger partial charge in [-0.2, -0.15) is 0 Å². The Balaban J connectivity index is 0.000000189. The van der Waals surface area contributed by atoms with Gasteiger partial charge < -0.3 is 21.1 Å². The van der Waals surface area contributed by atoms with E-state index in [1.54, 1.807) is 53.0 Å². The van der Waals surface area contributed by atoms with Crippen LogP contribution in [0.25, 0.3) is 10.0 Å². The summed E-state index contributed by atoms with van der Waals surface area (Å²) in [6.07, 6.45) is 7.09. The smallest absolute Gasteiger partial charge is 0.306 e. The number of unbranched alkanes of at least 4 members (excludes halogenated alkanes) is 5. The lowest BCUT2D eigenvalue weighted by Gasteiger charge is -2.27. The van der Waals surface area contributed by atoms with Crippen molar-refractivity contribution in [3.63, 3.8) is 0 Å². The van der Waals surface area contributed by atoms with Crippen LogP contribution in [0.3, 0.4) is 0 Å². The summed E-state index contributed by atoms with van der Waals surface area (Å²) >= 11 is 15.6. The lowest BCUT2D eigenvalue weighted by molar-refractivity contribution is -0.138. The zero-order valence-corrected chi connectivity index (χ0v) is 63.5. The molecule has 2 fully saturated rings. The Morgan fingerprint density at radius 2 is 0.982 bits per heavy atom. The zero-order chi connectivity index (χ0) is 76.9. The van der Waals surface area contributed by atoms with Crippen LogP contribution < -0.4 is 26.6 Å². The number of aryl methyl sites for hydroxylation is 4. The summed E-state index contributed by atoms with van der Waals surface area (Å²) in [4.78, 5) is 151. The number of thiophene rings is 2. The molecule has 2 saturated heterocycles. The van der Waals surface area contributed by atoms with Crippen molar-refractivity contribution in [2.24, 2.45) is 9.98 Å². The van der Waals surface area contributed by atoms with E-state index in [0.29, 0.717) is 52.6 Å². The topological polar surface area (TPSA) is 361 Å². The number of hydrogen-bond acceptors (Lipinski definition) is 21. The molecule has 110 heavy (non-hydrogen) atoms. The van der Waals surface area contributed by atoms with E-state index in [0.717, 1.165) is 121 Å². The first-order valence-electron chi connectivity index (χ1n) is 35.7. The number of halogens is 2. The highest BCUT2D eigenvalue weighted by Crippen LogP contribution is 2.43. The molecule has 0 aliphatic carbocycles. The molecule has 8 aromatic rings. The summed E-state index contributed by atoms with van der Waals surface area (Å²) < 4.78 is 3.97. The molecule has 0 spiro atoms. The number of hydrogen-bond donors (Lipinski definition) is 6. The third-order valence-electron chi connectivity index (χ3n) is 19.7. The van der Waals surface area contributed by atoms with Gasteiger partial charge >= 0.3 is 5.97 Å². The number of rotatable bonds is 23. The number of anilines is 2. The van der Waals surface area contributed by atoms with Gasteiger partial charge in [0.2, 0.25) is 29.5 Å². The molecule has 6 aliphatic heterocycles. The number of piperidine rings is 2. The maximum atomic E-state index is 13.3. The third-order valence-corrected chi connectivity index (χ3v) is 22.6. The van der Waals surface area contributed by atoms with E-state index in [2.05, 4.69) is 81.6 Å². The Hall–Kier alpha value is -10.8. The van der Waals surface area contributed by atoms with Crippen molar-refractivity contribution in [3.8, 4) is 10.0 Å². The van der Waals surface area contributed by atoms with E-state index in [-0.39, 0.29) is 93.9 Å². The van der Waals surface area contributed by atoms with Crippen molar-refractivity contribution in [1.29, 1.82) is 0 Å². The average Bonchev–Trinajstić information content (AvgIpc) is 1.60. The van der Waals surface area contributed by atoms with Crippen molar-refractivity contribution < 1.29 is 57.8 Å². The van der Waals surface area contributed by atoms with Crippen LogP contribution in [-0.2, 0) is 33.6 Å². The second kappa shape index (κ2) is 35.3. The second-order valence-corrected chi connectivity index (χ2v) is 30.3. The summed E-state index contributed by atoms with van der Waals surface area (Å²) in [5, 5.41) is 43.6. The predicted molar refractivity (Wildman–Crippen MR) is 421 cm³/mol. The van der Waals surface area contributed by atoms with Gasteiger partial charge in [0.25, 0.3) is 23.6 Å². The number of benzene rings is 4. The van der Waals surface area contributed by atoms with Gasteiger partial charge in [-0.25, -0.2) is 0 Å². The molecule has 4 aromatic heterocycles. The minimum absolute atomic E-state index is 0. The van der Waals surface area contributed by atoms with Gasteiger partial charge in [-0.05, 0) is 140 Å². The Morgan fingerprint density at radius 3 is 1.44 bits per heavy atom. The van der Waals surface area contributed by atoms with Crippen LogP contribution in [0.5, 0.6) is 0 Å². The van der Waals surface area contributed by atoms with Gasteiger partial charge in [0.15, 0.2) is 17.4 Å². The number of nitrogens with zero attached hydrogens (tertiary/aromatic N) is 10. The molecule has 0 radical (unpaired) electrons. The third kappa shape index (κ3) is 17.0. The quantitative estimate of drug-likeness (QED) is 0.0256. The van der Waals surface area contributed by atoms with Gasteiger partial charge in [-0.1, -0.05) is 101 Å². The van der Waals surface area contributed by atoms with Gasteiger partial charge in [0.1, 0.15) is 45.8 Å². The fraction of sp³-hybridized carbons (Fsp3) is 0.380. The number of fused-ring (bicyclic) bond motifs is 8. The minimum atomic E-state index is -1.02. The molecule has 31 heteroatoms. The molecule has 0 saturated carbocycles. The van der Waals surface area contributed by atoms with E-state index in [1.165, 1.54) is 15.8 Å². The summed E-state index contributed by atoms with van der Waals surface area (Å²) in [7, 11) is 0. The fourth-order valence-corrected chi connectivity index (χ4v) is 16.6. The average molecular weight is 1570 g/mol. The highest BCUT2D eigenvalue weighted by atomic mass is 35.5. The zero-order valence-electron chi connectivity index (χ0n) is 60.4. The lowest BCUT2D eigenvalue weighted by Crippen LogP contribution is -2.54. The molecule has 0 bridgehead atoms. The first-order chi connectivity index (χ1) is 51.8. The highest BCUT2D eigenvalue weighted by Gasteiger charge is 2.48. The largest absolute Gasteiger partial charge is 0.481 e. The number of aliphatic imine (C=N–C) groups is 2. The Labute approximate surface area is 654 Å². The normalized spacial score (nSPS) is 17.3. The van der Waals surface area contributed by atoms with Crippen LogP contribution in [0, 0.1) is 41.5 Å². The monoisotopic (exact) mass is 1570 g/mol. The van der Waals surface area contributed by atoms with Gasteiger partial charge in [0.05, 0.1) is 53.1 Å². The van der Waals surface area contributed by atoms with Crippen LogP contribution in [0.2, 0.25) is 10.0 Å². The standard InChI is InChI=1S/C37H37ClN8O5S.C21H25N3O5.C19H17ClN4O2S.2CH4/c1-19-20(2)52-37-30(19)32(22-10-12-23(38)13-11-22)41-26(33-44-43-21(3)45(33)37)18-29(48)40-17-6-4-5-16-39-25-9-7-8-24-31(25)36(51)46(35(24)50)27-14-15-28(47)42-34(27)49;1-2-3-4-5-7-13(25)12-22-15-9-6-8-14-18(15)21(29)24(20(14)28)16-10-11-17(26)23-19(16)27;1-9-10(2)27-19-16(9)17(12-4-6-13(20)7-5-12)21-14(8-15(25)26)18-23-22-11(3)24(18)19;;/h7-13,26-27,39H,4-6,14-18H2,1-3H3,(H,40,48)(H,42,47,49);6,8-9,16,22H,2-5,7,10-12H2,1H3,(H,23,26,27);4-7,14H,8H2,1-3H3,(H,25,26);2*1H4/t26-,27?;;14-;;/m0.0../s1. The van der Waals surface area contributed by atoms with E-state index in [9.17, 15) is 57.8 Å². The number of carboxylic acid groups (broad SMARTS) is 1. The maximum Gasteiger partial charge on any atom is 0.306 e. The van der Waals surface area contributed by atoms with Crippen LogP contribution in [0.4, 0.5) is 11.4 Å². The number of aliphatic carboxylic acids is 1. The molecule has 6 N–H and O–H groups in total. The van der Waals surface area contributed by atoms with Crippen molar-refractivity contribution in [3.05, 3.63) is 184 Å². The molecule has 6 aliphatic rings. The number of carbonyl (C=O) groups excluding carboxylic acids is 10. The molecular formula is C79H87Cl2N15O12S2. The molecule has 4 aromatic carbocycles. The summed E-state index contributed by atoms with van der Waals surface area (Å²) in [5.74, 6) is -2.76. The van der Waals surface area contributed by atoms with E-state index in [4.69, 9.17) is 33.2 Å². The van der Waals surface area contributed by atoms with E-state index >= 15 is 0 Å². The summed E-state index contributed by atoms with van der Waals surface area (Å²) in [5.41, 5.74) is 9.36. The Morgan fingerprint density at radius 1 is 0.536 bits per heavy atom. The lowest BCUT2D eigenvalue weighted by atomic mass is 9.99. The van der Waals surface area contributed by atoms with E-state index in [1.807, 2.05) is 71.5 Å². The number of carboxylic acids is 1. The van der Waals surface area contributed by atoms with Gasteiger partial charge in [0, 0.05) is 85.8 Å². The van der Waals surface area contributed by atoms with Crippen molar-refractivity contribution >= 4 is 134 Å². The number of aromatic nitrogens is 6. The van der Waals surface area contributed by atoms with Crippen LogP contribution >= 0.6 is 45.9 Å². The molecule has 27 nitrogen and oxygen atoms in total. The number of Topliss-reactive ketones (excluding diaryl/α,β-unsaturated/α-hetero) is 1. The number of amides is 9. The van der Waals surface area contributed by atoms with Gasteiger partial charge in [-0.3, -0.25) is 92.3 Å². The Kier molecular flexibility index (Phi) is 26.2. The van der Waals surface area contributed by atoms with Crippen molar-refractivity contribution in [2.75, 3.05) is 30.3 Å². The molecule has 9 amide bonds. The fourth-order valence-electron chi connectivity index (χ4n) is 13.9. The first kappa shape index (κ1) is 81.8. The molecule has 2 unspecified atom stereocenters. The minimum Gasteiger partial charge on any atom is -0.481 e. The first-order valence-corrected chi connectivity index (χ1v) is 38.1. The number of imide groups is 4. The number of ketones is 1. The van der Waals surface area contributed by atoms with Crippen molar-refractivity contribution in [2.45, 2.75) is 177 Å². The summed E-state index contributed by atoms with van der Waals surface area (Å²) in [6.45, 7) is 15.3. The molecule has 576 valence electrons. The van der Waals surface area contributed by atoms with Crippen LogP contribution in [-0.4, -0.2) is 152 Å². The maximum absolute atomic E-state index is 13.3. The molecular weight excluding hydrogens is 1490 g/mol. The number of nitrogens with one attached hydrogen (secondary N) is 5. The molecule has 4 atom stereocenters. The molecule has 10 heterocycles. The Bertz CT molecular complexity index is 5040. The number of carbonyl (C=O) groups is 11. The molecule has 14 rings (SSSR count).